The summed E-state index contributed by atoms with van der Waals surface area (Å²) in [6.45, 7) is 9.34. The first-order chi connectivity index (χ1) is 19.9. The summed E-state index contributed by atoms with van der Waals surface area (Å²) >= 11 is 0. The normalized spacial score (nSPS) is 20.6. The summed E-state index contributed by atoms with van der Waals surface area (Å²) < 4.78 is 28.9. The van der Waals surface area contributed by atoms with Crippen LogP contribution in [0.1, 0.15) is 49.3 Å². The summed E-state index contributed by atoms with van der Waals surface area (Å²) in [6.07, 6.45) is 0.702. The first kappa shape index (κ1) is 33.3. The van der Waals surface area contributed by atoms with E-state index >= 15 is 0 Å². The highest BCUT2D eigenvalue weighted by atomic mass is 16.5. The van der Waals surface area contributed by atoms with Crippen molar-refractivity contribution in [3.8, 4) is 5.75 Å². The summed E-state index contributed by atoms with van der Waals surface area (Å²) in [4.78, 5) is 0. The number of ether oxygens (including phenoxy) is 5. The van der Waals surface area contributed by atoms with Crippen LogP contribution in [0.4, 0.5) is 5.69 Å². The lowest BCUT2D eigenvalue weighted by atomic mass is 9.85. The molecule has 41 heavy (non-hydrogen) atoms. The van der Waals surface area contributed by atoms with E-state index in [1.165, 1.54) is 0 Å². The third-order valence-corrected chi connectivity index (χ3v) is 7.32. The van der Waals surface area contributed by atoms with Crippen LogP contribution >= 0.6 is 0 Å². The minimum absolute atomic E-state index is 0.0132. The SMILES string of the molecule is CCC(O)CO[C@@H]1CNC[C@H](OCc2ccc(O)c(NCCCOC)c2)C1c1ccc(COC[C@@H](C)COC)cc1. The highest BCUT2D eigenvalue weighted by Crippen LogP contribution is 2.32. The Hall–Kier alpha value is -2.24. The van der Waals surface area contributed by atoms with Gasteiger partial charge in [-0.1, -0.05) is 44.2 Å². The van der Waals surface area contributed by atoms with Crippen molar-refractivity contribution in [2.45, 2.75) is 64.1 Å². The van der Waals surface area contributed by atoms with Crippen LogP contribution in [0.3, 0.4) is 0 Å². The highest BCUT2D eigenvalue weighted by Gasteiger charge is 2.36. The van der Waals surface area contributed by atoms with Gasteiger partial charge in [0.2, 0.25) is 0 Å². The Balaban J connectivity index is 1.69. The quantitative estimate of drug-likeness (QED) is 0.146. The first-order valence-corrected chi connectivity index (χ1v) is 14.8. The second-order valence-corrected chi connectivity index (χ2v) is 10.9. The third kappa shape index (κ3) is 11.2. The zero-order valence-electron chi connectivity index (χ0n) is 25.1. The van der Waals surface area contributed by atoms with Gasteiger partial charge in [-0.2, -0.15) is 0 Å². The number of nitrogens with one attached hydrogen (secondary N) is 2. The van der Waals surface area contributed by atoms with Crippen LogP contribution in [0.5, 0.6) is 5.75 Å². The number of methoxy groups -OCH3 is 2. The Kier molecular flexibility index (Phi) is 14.9. The Bertz CT molecular complexity index is 991. The second kappa shape index (κ2) is 18.3. The molecule has 1 fully saturated rings. The predicted molar refractivity (Wildman–Crippen MR) is 160 cm³/mol. The van der Waals surface area contributed by atoms with E-state index < -0.39 is 6.10 Å². The summed E-state index contributed by atoms with van der Waals surface area (Å²) in [5.74, 6) is 0.545. The number of phenols is 1. The van der Waals surface area contributed by atoms with Crippen molar-refractivity contribution >= 4 is 5.69 Å². The van der Waals surface area contributed by atoms with E-state index in [1.807, 2.05) is 19.1 Å². The van der Waals surface area contributed by atoms with Crippen LogP contribution in [0.2, 0.25) is 0 Å². The lowest BCUT2D eigenvalue weighted by Crippen LogP contribution is -2.51. The Morgan fingerprint density at radius 1 is 0.927 bits per heavy atom. The van der Waals surface area contributed by atoms with Gasteiger partial charge in [-0.05, 0) is 41.7 Å². The maximum Gasteiger partial charge on any atom is 0.138 e. The molecule has 0 aromatic heterocycles. The van der Waals surface area contributed by atoms with Gasteiger partial charge in [0.25, 0.3) is 0 Å². The van der Waals surface area contributed by atoms with E-state index in [4.69, 9.17) is 23.7 Å². The van der Waals surface area contributed by atoms with E-state index in [0.29, 0.717) is 70.7 Å². The van der Waals surface area contributed by atoms with Gasteiger partial charge < -0.3 is 44.5 Å². The van der Waals surface area contributed by atoms with E-state index in [9.17, 15) is 10.2 Å². The Labute approximate surface area is 245 Å². The molecule has 2 aromatic rings. The van der Waals surface area contributed by atoms with Crippen LogP contribution in [-0.4, -0.2) is 88.8 Å². The van der Waals surface area contributed by atoms with E-state index in [2.05, 4.69) is 41.8 Å². The molecule has 1 heterocycles. The standard InChI is InChI=1S/C32H50N2O7/c1-5-27(35)22-41-31-17-33-16-30(40-21-25-9-12-29(36)28(15-25)34-13-6-14-37-3)32(31)26-10-7-24(8-11-26)20-39-19-23(2)18-38-4/h7-12,15,23,27,30-36H,5-6,13-14,16-22H2,1-4H3/t23-,27?,30-,31+,32?/m0/s1. The molecule has 1 aliphatic rings. The molecule has 230 valence electrons. The fourth-order valence-corrected chi connectivity index (χ4v) is 4.97. The molecule has 1 aliphatic heterocycles. The second-order valence-electron chi connectivity index (χ2n) is 10.9. The molecule has 4 N–H and O–H groups in total. The summed E-state index contributed by atoms with van der Waals surface area (Å²) in [5, 5.41) is 27.2. The summed E-state index contributed by atoms with van der Waals surface area (Å²) in [7, 11) is 3.39. The number of phenolic OH excluding ortho intramolecular Hbond substituents is 1. The molecule has 0 radical (unpaired) electrons. The number of piperidine rings is 1. The summed E-state index contributed by atoms with van der Waals surface area (Å²) in [5.41, 5.74) is 3.90. The smallest absolute Gasteiger partial charge is 0.138 e. The minimum Gasteiger partial charge on any atom is -0.506 e. The van der Waals surface area contributed by atoms with Crippen molar-refractivity contribution in [3.63, 3.8) is 0 Å². The zero-order valence-corrected chi connectivity index (χ0v) is 25.1. The molecular formula is C32H50N2O7. The monoisotopic (exact) mass is 574 g/mol. The third-order valence-electron chi connectivity index (χ3n) is 7.32. The van der Waals surface area contributed by atoms with Crippen molar-refractivity contribution < 1.29 is 33.9 Å². The molecule has 0 spiro atoms. The maximum absolute atomic E-state index is 10.3. The van der Waals surface area contributed by atoms with Crippen molar-refractivity contribution in [2.24, 2.45) is 5.92 Å². The largest absolute Gasteiger partial charge is 0.506 e. The molecule has 2 aromatic carbocycles. The van der Waals surface area contributed by atoms with E-state index in [0.717, 1.165) is 23.1 Å². The number of hydrogen-bond donors (Lipinski definition) is 4. The zero-order chi connectivity index (χ0) is 29.5. The van der Waals surface area contributed by atoms with Gasteiger partial charge in [0.15, 0.2) is 0 Å². The van der Waals surface area contributed by atoms with E-state index in [-0.39, 0.29) is 30.5 Å². The molecule has 0 aliphatic carbocycles. The van der Waals surface area contributed by atoms with Gasteiger partial charge in [-0.25, -0.2) is 0 Å². The van der Waals surface area contributed by atoms with Crippen LogP contribution in [0.25, 0.3) is 0 Å². The van der Waals surface area contributed by atoms with Crippen molar-refractivity contribution in [1.82, 2.24) is 5.32 Å². The molecule has 5 atom stereocenters. The molecule has 9 nitrogen and oxygen atoms in total. The van der Waals surface area contributed by atoms with E-state index in [1.54, 1.807) is 20.3 Å². The van der Waals surface area contributed by atoms with Crippen LogP contribution in [0, 0.1) is 5.92 Å². The Morgan fingerprint density at radius 3 is 2.37 bits per heavy atom. The number of anilines is 1. The van der Waals surface area contributed by atoms with Crippen molar-refractivity contribution in [2.75, 3.05) is 65.6 Å². The van der Waals surface area contributed by atoms with Gasteiger partial charge in [-0.3, -0.25) is 0 Å². The fraction of sp³-hybridized carbons (Fsp3) is 0.625. The molecule has 0 amide bonds. The van der Waals surface area contributed by atoms with Crippen molar-refractivity contribution in [1.29, 1.82) is 0 Å². The van der Waals surface area contributed by atoms with Gasteiger partial charge in [0.05, 0.1) is 57.0 Å². The van der Waals surface area contributed by atoms with Crippen molar-refractivity contribution in [3.05, 3.63) is 59.2 Å². The molecule has 2 unspecified atom stereocenters. The number of benzene rings is 2. The van der Waals surface area contributed by atoms with Crippen LogP contribution < -0.4 is 10.6 Å². The Morgan fingerprint density at radius 2 is 1.66 bits per heavy atom. The van der Waals surface area contributed by atoms with Gasteiger partial charge in [0, 0.05) is 52.3 Å². The topological polar surface area (TPSA) is 111 Å². The van der Waals surface area contributed by atoms with Crippen LogP contribution in [-0.2, 0) is 36.9 Å². The lowest BCUT2D eigenvalue weighted by Gasteiger charge is -2.39. The first-order valence-electron chi connectivity index (χ1n) is 14.8. The van der Waals surface area contributed by atoms with Gasteiger partial charge in [-0.15, -0.1) is 0 Å². The fourth-order valence-electron chi connectivity index (χ4n) is 4.97. The summed E-state index contributed by atoms with van der Waals surface area (Å²) in [6, 6.07) is 14.0. The number of aliphatic hydroxyl groups is 1. The van der Waals surface area contributed by atoms with Gasteiger partial charge in [0.1, 0.15) is 5.75 Å². The molecule has 1 saturated heterocycles. The average Bonchev–Trinajstić information content (AvgIpc) is 2.98. The van der Waals surface area contributed by atoms with Gasteiger partial charge >= 0.3 is 0 Å². The average molecular weight is 575 g/mol. The maximum atomic E-state index is 10.3. The molecule has 3 rings (SSSR count). The lowest BCUT2D eigenvalue weighted by molar-refractivity contribution is -0.0777. The molecule has 0 saturated carbocycles. The number of hydrogen-bond acceptors (Lipinski definition) is 9. The number of aromatic hydroxyl groups is 1. The minimum atomic E-state index is -0.497. The number of aliphatic hydroxyl groups excluding tert-OH is 1. The number of rotatable bonds is 19. The van der Waals surface area contributed by atoms with Crippen LogP contribution in [0.15, 0.2) is 42.5 Å². The predicted octanol–water partition coefficient (Wildman–Crippen LogP) is 4.07. The molecular weight excluding hydrogens is 524 g/mol. The molecule has 0 bridgehead atoms. The highest BCUT2D eigenvalue weighted by molar-refractivity contribution is 5.57. The molecule has 9 heteroatoms.